The number of carboxylic acid groups (broad SMARTS) is 1. The Bertz CT molecular complexity index is 3050. The van der Waals surface area contributed by atoms with Crippen LogP contribution in [0, 0.1) is 0 Å². The van der Waals surface area contributed by atoms with Gasteiger partial charge in [-0.05, 0) is 83.6 Å². The van der Waals surface area contributed by atoms with Crippen LogP contribution < -0.4 is 39.7 Å². The van der Waals surface area contributed by atoms with Crippen LogP contribution in [0.1, 0.15) is 70.7 Å². The highest BCUT2D eigenvalue weighted by atomic mass is 16.4. The number of hydrogen-bond acceptors (Lipinski definition) is 1. The molecule has 0 atom stereocenters. The molecule has 0 saturated carbocycles. The summed E-state index contributed by atoms with van der Waals surface area (Å²) in [6.45, 7) is 0.827. The molecule has 0 radical (unpaired) electrons. The molecule has 10 nitrogen and oxygen atoms in total. The van der Waals surface area contributed by atoms with Crippen molar-refractivity contribution in [2.24, 2.45) is 21.1 Å². The molecule has 59 heavy (non-hydrogen) atoms. The fourth-order valence-electron chi connectivity index (χ4n) is 8.09. The zero-order valence-corrected chi connectivity index (χ0v) is 33.5. The number of nitrogens with zero attached hydrogens (tertiary/aromatic N) is 4. The summed E-state index contributed by atoms with van der Waals surface area (Å²) in [6.07, 6.45) is 19.5. The molecular formula is C49H48N8O2+4. The van der Waals surface area contributed by atoms with Gasteiger partial charge >= 0.3 is 5.97 Å². The maximum absolute atomic E-state index is 11.0. The lowest BCUT2D eigenvalue weighted by atomic mass is 10.0. The Morgan fingerprint density at radius 1 is 0.424 bits per heavy atom. The number of aliphatic carboxylic acids is 1. The van der Waals surface area contributed by atoms with Gasteiger partial charge in [-0.15, -0.1) is 0 Å². The van der Waals surface area contributed by atoms with E-state index in [2.05, 4.69) is 185 Å². The lowest BCUT2D eigenvalue weighted by molar-refractivity contribution is -0.697. The average molecular weight is 781 g/mol. The number of unbranched alkanes of at least 4 members (excludes halogenated alkanes) is 2. The zero-order chi connectivity index (χ0) is 40.5. The normalized spacial score (nSPS) is 12.7. The first kappa shape index (κ1) is 37.3. The van der Waals surface area contributed by atoms with Crippen molar-refractivity contribution < 1.29 is 28.2 Å². The van der Waals surface area contributed by atoms with Crippen LogP contribution in [0.5, 0.6) is 0 Å². The summed E-state index contributed by atoms with van der Waals surface area (Å²) >= 11 is 0. The summed E-state index contributed by atoms with van der Waals surface area (Å²) in [5, 5.41) is 13.0. The Balaban J connectivity index is 1.30. The van der Waals surface area contributed by atoms with Gasteiger partial charge in [0, 0.05) is 128 Å². The van der Waals surface area contributed by atoms with Crippen LogP contribution in [0.4, 0.5) is 0 Å². The predicted molar refractivity (Wildman–Crippen MR) is 224 cm³/mol. The van der Waals surface area contributed by atoms with E-state index in [1.165, 1.54) is 0 Å². The summed E-state index contributed by atoms with van der Waals surface area (Å²) < 4.78 is 8.34. The van der Waals surface area contributed by atoms with Gasteiger partial charge in [-0.1, -0.05) is 0 Å². The van der Waals surface area contributed by atoms with Crippen molar-refractivity contribution in [3.05, 3.63) is 213 Å². The molecule has 0 saturated heterocycles. The van der Waals surface area contributed by atoms with E-state index >= 15 is 0 Å². The first-order chi connectivity index (χ1) is 28.8. The minimum Gasteiger partial charge on any atom is -0.481 e. The van der Waals surface area contributed by atoms with Gasteiger partial charge in [0.15, 0.2) is 49.6 Å². The fraction of sp³-hybridized carbons (Fsp3) is 0.163. The molecule has 0 aliphatic carbocycles. The Kier molecular flexibility index (Phi) is 10.0. The van der Waals surface area contributed by atoms with Gasteiger partial charge in [-0.3, -0.25) is 4.79 Å². The Morgan fingerprint density at radius 2 is 0.746 bits per heavy atom. The van der Waals surface area contributed by atoms with E-state index in [-0.39, 0.29) is 6.42 Å². The third-order valence-corrected chi connectivity index (χ3v) is 11.2. The molecule has 10 heteroatoms. The van der Waals surface area contributed by atoms with Crippen LogP contribution >= 0.6 is 0 Å². The number of carbonyl (C=O) groups is 1. The second-order valence-electron chi connectivity index (χ2n) is 15.4. The van der Waals surface area contributed by atoms with Crippen molar-refractivity contribution in [3.8, 4) is 0 Å². The van der Waals surface area contributed by atoms with E-state index in [1.54, 1.807) is 0 Å². The molecule has 0 aromatic carbocycles. The van der Waals surface area contributed by atoms with Gasteiger partial charge in [0.25, 0.3) is 0 Å². The smallest absolute Gasteiger partial charge is 0.303 e. The van der Waals surface area contributed by atoms with Gasteiger partial charge in [0.05, 0.1) is 0 Å². The quantitative estimate of drug-likeness (QED) is 0.109. The molecule has 292 valence electrons. The molecule has 0 amide bonds. The first-order valence-electron chi connectivity index (χ1n) is 20.1. The molecular weight excluding hydrogens is 733 g/mol. The molecule has 0 unspecified atom stereocenters. The van der Waals surface area contributed by atoms with Crippen LogP contribution in [0.25, 0.3) is 22.3 Å². The monoisotopic (exact) mass is 780 g/mol. The van der Waals surface area contributed by atoms with Crippen LogP contribution in [0.3, 0.4) is 0 Å². The molecule has 1 aliphatic heterocycles. The van der Waals surface area contributed by atoms with Crippen molar-refractivity contribution in [1.29, 1.82) is 0 Å². The topological polar surface area (TPSA) is 116 Å². The molecule has 9 heterocycles. The molecule has 1 aliphatic rings. The van der Waals surface area contributed by atoms with Gasteiger partial charge in [-0.25, -0.2) is 18.3 Å². The fourth-order valence-corrected chi connectivity index (χ4v) is 8.09. The lowest BCUT2D eigenvalue weighted by Gasteiger charge is -2.09. The summed E-state index contributed by atoms with van der Waals surface area (Å²) in [5.41, 5.74) is 12.6. The third kappa shape index (κ3) is 7.72. The van der Waals surface area contributed by atoms with Crippen LogP contribution in [-0.2, 0) is 32.5 Å². The average Bonchev–Trinajstić information content (AvgIpc) is 4.08. The van der Waals surface area contributed by atoms with E-state index in [0.29, 0.717) is 6.42 Å². The largest absolute Gasteiger partial charge is 0.481 e. The third-order valence-electron chi connectivity index (χ3n) is 11.2. The van der Waals surface area contributed by atoms with Crippen molar-refractivity contribution in [2.45, 2.75) is 32.2 Å². The Labute approximate surface area is 341 Å². The molecule has 0 fully saturated rings. The van der Waals surface area contributed by atoms with E-state index < -0.39 is 5.97 Å². The summed E-state index contributed by atoms with van der Waals surface area (Å²) in [4.78, 5) is 26.5. The number of aromatic amines is 4. The number of nitrogens with one attached hydrogen (secondary N) is 4. The minimum atomic E-state index is -0.737. The number of fused-ring (bicyclic) bond motifs is 8. The zero-order valence-electron chi connectivity index (χ0n) is 33.5. The van der Waals surface area contributed by atoms with Crippen molar-refractivity contribution in [1.82, 2.24) is 19.9 Å². The van der Waals surface area contributed by atoms with Gasteiger partial charge in [0.2, 0.25) is 0 Å². The number of carboxylic acids is 1. The Morgan fingerprint density at radius 3 is 1.07 bits per heavy atom. The van der Waals surface area contributed by atoms with Crippen molar-refractivity contribution in [3.63, 3.8) is 0 Å². The summed E-state index contributed by atoms with van der Waals surface area (Å²) in [7, 11) is 6.11. The number of aryl methyl sites for hydroxylation is 4. The highest BCUT2D eigenvalue weighted by Crippen LogP contribution is 2.27. The van der Waals surface area contributed by atoms with E-state index in [4.69, 9.17) is 5.11 Å². The van der Waals surface area contributed by atoms with Crippen molar-refractivity contribution in [2.75, 3.05) is 0 Å². The standard InChI is InChI=1S/C49H44N8O2/c1-54-25-16-33(17-26-54)46-37-8-10-39(50-37)47(34-18-27-55(2)28-19-34)41-12-14-43(52-41)49(36-22-31-57(32-23-36)24-6-4-5-7-45(58)59)44-15-13-42(53-44)48(40-11-9-38(46)51-40)35-20-29-56(3)30-21-35/h8-23,25-32H,4-7,24H2,1-3H3,(H-2,50,51,52,53,58,59)/p+4. The lowest BCUT2D eigenvalue weighted by Crippen LogP contribution is -2.32. The molecule has 9 rings (SSSR count). The second kappa shape index (κ2) is 15.9. The van der Waals surface area contributed by atoms with Crippen LogP contribution in [0.15, 0.2) is 147 Å². The van der Waals surface area contributed by atoms with E-state index in [1.807, 2.05) is 21.1 Å². The van der Waals surface area contributed by atoms with Crippen LogP contribution in [-0.4, -0.2) is 31.0 Å². The molecule has 0 spiro atoms. The highest BCUT2D eigenvalue weighted by Gasteiger charge is 2.20. The minimum absolute atomic E-state index is 0.213. The first-order valence-corrected chi connectivity index (χ1v) is 20.1. The Hall–Kier alpha value is -7.33. The number of pyridine rings is 4. The maximum atomic E-state index is 11.0. The van der Waals surface area contributed by atoms with Crippen molar-refractivity contribution >= 4 is 28.3 Å². The molecule has 8 bridgehead atoms. The molecule has 5 N–H and O–H groups in total. The maximum Gasteiger partial charge on any atom is 0.303 e. The SMILES string of the molecule is C[n+]1ccc(C2=c3ccc([nH]3)=C(c3cc[n+](C)cc3)c3ccc([nH]3)C(c3cc[n+](CCCCCC(=O)O)cc3)=c3ccc([nH]3)=C(c3cc[n+](C)cc3)c3ccc2[nH]3)cc1. The number of aromatic nitrogens is 8. The highest BCUT2D eigenvalue weighted by molar-refractivity contribution is 5.84. The van der Waals surface area contributed by atoms with E-state index in [9.17, 15) is 4.79 Å². The number of hydrogen-bond donors (Lipinski definition) is 5. The van der Waals surface area contributed by atoms with Gasteiger partial charge < -0.3 is 25.0 Å². The predicted octanol–water partition coefficient (Wildman–Crippen LogP) is 2.71. The van der Waals surface area contributed by atoms with Crippen LogP contribution in [0.2, 0.25) is 0 Å². The number of H-pyrrole nitrogens is 4. The van der Waals surface area contributed by atoms with E-state index in [0.717, 1.165) is 108 Å². The second-order valence-corrected chi connectivity index (χ2v) is 15.4. The molecule has 8 aromatic rings. The molecule has 8 aromatic heterocycles. The summed E-state index contributed by atoms with van der Waals surface area (Å²) in [5.74, 6) is -0.737. The summed E-state index contributed by atoms with van der Waals surface area (Å²) in [6, 6.07) is 34.8. The van der Waals surface area contributed by atoms with Gasteiger partial charge in [-0.2, -0.15) is 0 Å². The van der Waals surface area contributed by atoms with Gasteiger partial charge in [0.1, 0.15) is 27.7 Å². The number of rotatable bonds is 10.